The molecule has 16 heavy (non-hydrogen) atoms. The Morgan fingerprint density at radius 1 is 0.812 bits per heavy atom. The van der Waals surface area contributed by atoms with Gasteiger partial charge in [-0.3, -0.25) is 9.59 Å². The molecule has 0 fully saturated rings. The zero-order valence-electron chi connectivity index (χ0n) is 8.14. The summed E-state index contributed by atoms with van der Waals surface area (Å²) in [5.74, 6) is -1.57. The Morgan fingerprint density at radius 2 is 1.31 bits per heavy atom. The van der Waals surface area contributed by atoms with Crippen LogP contribution in [0.2, 0.25) is 0 Å². The van der Waals surface area contributed by atoms with Crippen LogP contribution in [-0.4, -0.2) is 16.9 Å². The van der Waals surface area contributed by atoms with Crippen molar-refractivity contribution in [1.82, 2.24) is 5.06 Å². The van der Waals surface area contributed by atoms with E-state index in [4.69, 9.17) is 0 Å². The van der Waals surface area contributed by atoms with E-state index in [0.717, 1.165) is 5.39 Å². The van der Waals surface area contributed by atoms with Gasteiger partial charge in [-0.05, 0) is 17.5 Å². The lowest BCUT2D eigenvalue weighted by atomic mass is 9.95. The number of hydroxylamine groups is 2. The Kier molecular flexibility index (Phi) is 1.64. The molecule has 1 radical (unpaired) electrons. The molecule has 1 aliphatic rings. The maximum Gasteiger partial charge on any atom is 0.288 e. The van der Waals surface area contributed by atoms with Crippen LogP contribution in [0.15, 0.2) is 36.4 Å². The zero-order chi connectivity index (χ0) is 11.3. The van der Waals surface area contributed by atoms with E-state index in [1.807, 2.05) is 12.1 Å². The fraction of sp³-hybridized carbons (Fsp3) is 0. The summed E-state index contributed by atoms with van der Waals surface area (Å²) in [6.45, 7) is 0. The van der Waals surface area contributed by atoms with Gasteiger partial charge in [0.15, 0.2) is 0 Å². The van der Waals surface area contributed by atoms with Gasteiger partial charge in [-0.2, -0.15) is 0 Å². The van der Waals surface area contributed by atoms with Crippen molar-refractivity contribution < 1.29 is 14.8 Å². The topological polar surface area (TPSA) is 57.3 Å². The summed E-state index contributed by atoms with van der Waals surface area (Å²) in [4.78, 5) is 23.2. The van der Waals surface area contributed by atoms with Gasteiger partial charge in [0.1, 0.15) is 0 Å². The molecule has 2 aromatic rings. The fourth-order valence-corrected chi connectivity index (χ4v) is 2.01. The Labute approximate surface area is 90.7 Å². The van der Waals surface area contributed by atoms with Gasteiger partial charge in [0.2, 0.25) is 0 Å². The second kappa shape index (κ2) is 2.90. The van der Waals surface area contributed by atoms with Crippen LogP contribution in [-0.2, 0) is 5.21 Å². The second-order valence-electron chi connectivity index (χ2n) is 3.61. The molecule has 0 bridgehead atoms. The van der Waals surface area contributed by atoms with Crippen molar-refractivity contribution >= 4 is 22.6 Å². The van der Waals surface area contributed by atoms with Crippen LogP contribution < -0.4 is 0 Å². The fourth-order valence-electron chi connectivity index (χ4n) is 2.01. The first-order valence-corrected chi connectivity index (χ1v) is 4.78. The Morgan fingerprint density at radius 3 is 1.81 bits per heavy atom. The van der Waals surface area contributed by atoms with Crippen molar-refractivity contribution in [2.24, 2.45) is 0 Å². The molecule has 2 amide bonds. The van der Waals surface area contributed by atoms with Crippen molar-refractivity contribution in [2.75, 3.05) is 0 Å². The second-order valence-corrected chi connectivity index (χ2v) is 3.61. The lowest BCUT2D eigenvalue weighted by Crippen LogP contribution is -2.36. The van der Waals surface area contributed by atoms with Gasteiger partial charge in [0, 0.05) is 5.39 Å². The monoisotopic (exact) mass is 212 g/mol. The Balaban J connectivity index is 2.52. The third kappa shape index (κ3) is 0.963. The van der Waals surface area contributed by atoms with Crippen molar-refractivity contribution in [3.05, 3.63) is 47.5 Å². The number of hydrogen-bond acceptors (Lipinski definition) is 2. The number of carbonyl (C=O) groups is 2. The third-order valence-corrected chi connectivity index (χ3v) is 2.73. The van der Waals surface area contributed by atoms with E-state index in [2.05, 4.69) is 0 Å². The quantitative estimate of drug-likeness (QED) is 0.625. The van der Waals surface area contributed by atoms with E-state index in [1.54, 1.807) is 24.3 Å². The number of benzene rings is 2. The van der Waals surface area contributed by atoms with Gasteiger partial charge >= 0.3 is 0 Å². The van der Waals surface area contributed by atoms with Crippen LogP contribution in [0, 0.1) is 0 Å². The van der Waals surface area contributed by atoms with Crippen LogP contribution in [0.5, 0.6) is 0 Å². The largest absolute Gasteiger partial charge is 0.288 e. The Hall–Kier alpha value is -2.20. The number of nitrogens with zero attached hydrogens (tertiary/aromatic N) is 1. The van der Waals surface area contributed by atoms with E-state index in [1.165, 1.54) is 0 Å². The molecule has 2 aromatic carbocycles. The smallest absolute Gasteiger partial charge is 0.266 e. The first-order chi connectivity index (χ1) is 7.70. The van der Waals surface area contributed by atoms with E-state index in [-0.39, 0.29) is 5.06 Å². The molecule has 4 heteroatoms. The summed E-state index contributed by atoms with van der Waals surface area (Å²) >= 11 is 0. The molecule has 0 aromatic heterocycles. The van der Waals surface area contributed by atoms with Gasteiger partial charge in [0.05, 0.1) is 11.1 Å². The highest BCUT2D eigenvalue weighted by Crippen LogP contribution is 2.28. The highest BCUT2D eigenvalue weighted by Gasteiger charge is 2.32. The average molecular weight is 212 g/mol. The lowest BCUT2D eigenvalue weighted by molar-refractivity contribution is -0.0872. The van der Waals surface area contributed by atoms with Crippen molar-refractivity contribution in [3.63, 3.8) is 0 Å². The van der Waals surface area contributed by atoms with E-state index < -0.39 is 11.8 Å². The number of imide groups is 1. The molecule has 1 heterocycles. The molecule has 1 aliphatic heterocycles. The minimum atomic E-state index is -0.783. The molecule has 0 N–H and O–H groups in total. The number of hydrogen-bond donors (Lipinski definition) is 0. The number of rotatable bonds is 0. The van der Waals surface area contributed by atoms with Crippen molar-refractivity contribution in [3.8, 4) is 0 Å². The minimum absolute atomic E-state index is 0.0862. The van der Waals surface area contributed by atoms with Gasteiger partial charge in [0.25, 0.3) is 11.8 Å². The first kappa shape index (κ1) is 9.06. The molecule has 0 saturated carbocycles. The molecule has 0 saturated heterocycles. The molecule has 0 aliphatic carbocycles. The van der Waals surface area contributed by atoms with Crippen LogP contribution in [0.25, 0.3) is 10.8 Å². The summed E-state index contributed by atoms with van der Waals surface area (Å²) in [6.07, 6.45) is 0. The van der Waals surface area contributed by atoms with E-state index in [9.17, 15) is 14.8 Å². The van der Waals surface area contributed by atoms with Crippen molar-refractivity contribution in [2.45, 2.75) is 0 Å². The predicted octanol–water partition coefficient (Wildman–Crippen LogP) is 1.78. The lowest BCUT2D eigenvalue weighted by Gasteiger charge is -2.19. The van der Waals surface area contributed by atoms with Gasteiger partial charge in [-0.1, -0.05) is 29.5 Å². The first-order valence-electron chi connectivity index (χ1n) is 4.78. The van der Waals surface area contributed by atoms with Crippen LogP contribution in [0.3, 0.4) is 0 Å². The molecule has 0 unspecified atom stereocenters. The van der Waals surface area contributed by atoms with Crippen LogP contribution in [0.1, 0.15) is 20.7 Å². The van der Waals surface area contributed by atoms with Gasteiger partial charge in [-0.15, -0.1) is 5.06 Å². The maximum atomic E-state index is 11.6. The molecule has 4 nitrogen and oxygen atoms in total. The third-order valence-electron chi connectivity index (χ3n) is 2.73. The molecule has 0 atom stereocenters. The van der Waals surface area contributed by atoms with Gasteiger partial charge < -0.3 is 0 Å². The van der Waals surface area contributed by atoms with E-state index in [0.29, 0.717) is 16.5 Å². The standard InChI is InChI=1S/C12H6NO3/c14-11-8-5-1-3-7-4-2-6-9(10(7)8)12(15)13(11)16/h1-6H. The minimum Gasteiger partial charge on any atom is -0.266 e. The molecular weight excluding hydrogens is 206 g/mol. The SMILES string of the molecule is [O]N1C(=O)c2cccc3cccc(c23)C1=O. The normalized spacial score (nSPS) is 14.7. The summed E-state index contributed by atoms with van der Waals surface area (Å²) in [6, 6.07) is 10.1. The number of carbonyl (C=O) groups excluding carboxylic acids is 2. The zero-order valence-corrected chi connectivity index (χ0v) is 8.14. The molecule has 3 rings (SSSR count). The molecule has 77 valence electrons. The molecule has 0 spiro atoms. The number of amides is 2. The molecular formula is C12H6NO3. The Bertz CT molecular complexity index is 582. The predicted molar refractivity (Wildman–Crippen MR) is 55.1 cm³/mol. The average Bonchev–Trinajstić information content (AvgIpc) is 2.33. The summed E-state index contributed by atoms with van der Waals surface area (Å²) in [5.41, 5.74) is 0.588. The maximum absolute atomic E-state index is 11.6. The summed E-state index contributed by atoms with van der Waals surface area (Å²) < 4.78 is 0. The highest BCUT2D eigenvalue weighted by atomic mass is 16.5. The van der Waals surface area contributed by atoms with E-state index >= 15 is 0 Å². The van der Waals surface area contributed by atoms with Crippen molar-refractivity contribution in [1.29, 1.82) is 0 Å². The highest BCUT2D eigenvalue weighted by molar-refractivity contribution is 6.24. The van der Waals surface area contributed by atoms with Gasteiger partial charge in [-0.25, -0.2) is 0 Å². The summed E-state index contributed by atoms with van der Waals surface area (Å²) in [5, 5.41) is 12.6. The summed E-state index contributed by atoms with van der Waals surface area (Å²) in [7, 11) is 0. The van der Waals surface area contributed by atoms with Crippen LogP contribution >= 0.6 is 0 Å². The van der Waals surface area contributed by atoms with Crippen LogP contribution in [0.4, 0.5) is 0 Å².